The second-order valence-electron chi connectivity index (χ2n) is 5.77. The zero-order valence-corrected chi connectivity index (χ0v) is 13.3. The van der Waals surface area contributed by atoms with E-state index in [0.717, 1.165) is 37.9 Å². The molecular formula is C17H18F2N4O. The normalized spacial score (nSPS) is 15.4. The monoisotopic (exact) mass is 332 g/mol. The van der Waals surface area contributed by atoms with Gasteiger partial charge in [-0.25, -0.2) is 9.37 Å². The fourth-order valence-electron chi connectivity index (χ4n) is 2.67. The summed E-state index contributed by atoms with van der Waals surface area (Å²) in [5.41, 5.74) is 1.27. The van der Waals surface area contributed by atoms with E-state index >= 15 is 0 Å². The fraction of sp³-hybridized carbons (Fsp3) is 0.294. The summed E-state index contributed by atoms with van der Waals surface area (Å²) in [5.74, 6) is -1.68. The minimum Gasteiger partial charge on any atom is -0.367 e. The minimum absolute atomic E-state index is 0.135. The number of amides is 1. The Morgan fingerprint density at radius 1 is 1.12 bits per heavy atom. The smallest absolute Gasteiger partial charge is 0.255 e. The highest BCUT2D eigenvalue weighted by Crippen LogP contribution is 2.28. The molecule has 1 saturated heterocycles. The zero-order chi connectivity index (χ0) is 17.1. The molecule has 1 amide bonds. The molecule has 0 saturated carbocycles. The molecule has 5 nitrogen and oxygen atoms in total. The molecule has 0 bridgehead atoms. The summed E-state index contributed by atoms with van der Waals surface area (Å²) in [6.07, 6.45) is 1.22. The van der Waals surface area contributed by atoms with Crippen LogP contribution in [-0.2, 0) is 0 Å². The third kappa shape index (κ3) is 3.68. The van der Waals surface area contributed by atoms with Crippen LogP contribution in [-0.4, -0.2) is 49.0 Å². The predicted molar refractivity (Wildman–Crippen MR) is 88.3 cm³/mol. The largest absolute Gasteiger partial charge is 0.367 e. The Bertz CT molecular complexity index is 745. The highest BCUT2D eigenvalue weighted by molar-refractivity contribution is 6.05. The summed E-state index contributed by atoms with van der Waals surface area (Å²) in [5, 5.41) is 2.67. The van der Waals surface area contributed by atoms with E-state index in [1.54, 1.807) is 6.07 Å². The van der Waals surface area contributed by atoms with Gasteiger partial charge in [-0.2, -0.15) is 4.39 Å². The van der Waals surface area contributed by atoms with Crippen LogP contribution in [0.3, 0.4) is 0 Å². The molecule has 1 aliphatic heterocycles. The van der Waals surface area contributed by atoms with E-state index in [4.69, 9.17) is 0 Å². The number of carbonyl (C=O) groups excluding carboxylic acids is 1. The number of benzene rings is 1. The molecule has 0 spiro atoms. The summed E-state index contributed by atoms with van der Waals surface area (Å²) in [4.78, 5) is 20.0. The number of piperazine rings is 1. The number of nitrogens with one attached hydrogen (secondary N) is 1. The van der Waals surface area contributed by atoms with E-state index in [-0.39, 0.29) is 5.56 Å². The van der Waals surface area contributed by atoms with Crippen molar-refractivity contribution >= 4 is 17.3 Å². The first kappa shape index (κ1) is 16.3. The first-order valence-electron chi connectivity index (χ1n) is 7.69. The standard InChI is InChI=1S/C17H18F2N4O/c1-22-6-8-23(9-7-22)15-3-2-13(18)11-14(15)21-17(24)12-4-5-20-16(19)10-12/h2-5,10-11H,6-9H2,1H3,(H,21,24). The lowest BCUT2D eigenvalue weighted by atomic mass is 10.2. The van der Waals surface area contributed by atoms with Gasteiger partial charge in [0, 0.05) is 44.0 Å². The Hall–Kier alpha value is -2.54. The molecule has 0 atom stereocenters. The number of likely N-dealkylation sites (N-methyl/N-ethyl adjacent to an activating group) is 1. The molecule has 24 heavy (non-hydrogen) atoms. The molecule has 1 N–H and O–H groups in total. The lowest BCUT2D eigenvalue weighted by Gasteiger charge is -2.35. The summed E-state index contributed by atoms with van der Waals surface area (Å²) in [7, 11) is 2.04. The van der Waals surface area contributed by atoms with E-state index in [0.29, 0.717) is 5.69 Å². The quantitative estimate of drug-likeness (QED) is 0.877. The van der Waals surface area contributed by atoms with Gasteiger partial charge in [-0.15, -0.1) is 0 Å². The van der Waals surface area contributed by atoms with Gasteiger partial charge in [0.2, 0.25) is 5.95 Å². The maximum absolute atomic E-state index is 13.6. The van der Waals surface area contributed by atoms with E-state index in [9.17, 15) is 13.6 Å². The molecule has 126 valence electrons. The lowest BCUT2D eigenvalue weighted by molar-refractivity contribution is 0.102. The van der Waals surface area contributed by atoms with Crippen LogP contribution in [0, 0.1) is 11.8 Å². The Balaban J connectivity index is 1.84. The van der Waals surface area contributed by atoms with Gasteiger partial charge in [-0.05, 0) is 31.3 Å². The summed E-state index contributed by atoms with van der Waals surface area (Å²) >= 11 is 0. The predicted octanol–water partition coefficient (Wildman–Crippen LogP) is 2.36. The van der Waals surface area contributed by atoms with Crippen molar-refractivity contribution in [3.05, 3.63) is 53.9 Å². The lowest BCUT2D eigenvalue weighted by Crippen LogP contribution is -2.44. The van der Waals surface area contributed by atoms with Gasteiger partial charge in [0.1, 0.15) is 5.82 Å². The maximum Gasteiger partial charge on any atom is 0.255 e. The second kappa shape index (κ2) is 6.92. The van der Waals surface area contributed by atoms with Gasteiger partial charge in [-0.1, -0.05) is 0 Å². The number of pyridine rings is 1. The second-order valence-corrected chi connectivity index (χ2v) is 5.77. The number of hydrogen-bond acceptors (Lipinski definition) is 4. The number of hydrogen-bond donors (Lipinski definition) is 1. The summed E-state index contributed by atoms with van der Waals surface area (Å²) < 4.78 is 26.8. The Morgan fingerprint density at radius 3 is 2.58 bits per heavy atom. The molecular weight excluding hydrogens is 314 g/mol. The molecule has 0 radical (unpaired) electrons. The number of nitrogens with zero attached hydrogens (tertiary/aromatic N) is 3. The van der Waals surface area contributed by atoms with E-state index in [1.165, 1.54) is 24.4 Å². The summed E-state index contributed by atoms with van der Waals surface area (Å²) in [6.45, 7) is 3.35. The minimum atomic E-state index is -0.735. The van der Waals surface area contributed by atoms with Crippen molar-refractivity contribution in [2.24, 2.45) is 0 Å². The first-order chi connectivity index (χ1) is 11.5. The van der Waals surface area contributed by atoms with Crippen molar-refractivity contribution in [3.63, 3.8) is 0 Å². The SMILES string of the molecule is CN1CCN(c2ccc(F)cc2NC(=O)c2ccnc(F)c2)CC1. The molecule has 3 rings (SSSR count). The van der Waals surface area contributed by atoms with Gasteiger partial charge < -0.3 is 15.1 Å². The van der Waals surface area contributed by atoms with Crippen molar-refractivity contribution in [1.29, 1.82) is 0 Å². The number of aromatic nitrogens is 1. The number of anilines is 2. The molecule has 7 heteroatoms. The number of halogens is 2. The van der Waals surface area contributed by atoms with Crippen molar-refractivity contribution in [3.8, 4) is 0 Å². The highest BCUT2D eigenvalue weighted by atomic mass is 19.1. The molecule has 1 aliphatic rings. The third-order valence-corrected chi connectivity index (χ3v) is 4.04. The van der Waals surface area contributed by atoms with Crippen LogP contribution in [0.4, 0.5) is 20.2 Å². The molecule has 1 aromatic carbocycles. The zero-order valence-electron chi connectivity index (χ0n) is 13.3. The Morgan fingerprint density at radius 2 is 1.88 bits per heavy atom. The van der Waals surface area contributed by atoms with Gasteiger partial charge >= 0.3 is 0 Å². The van der Waals surface area contributed by atoms with Gasteiger partial charge in [0.05, 0.1) is 11.4 Å². The van der Waals surface area contributed by atoms with Crippen LogP contribution in [0.15, 0.2) is 36.5 Å². The average Bonchev–Trinajstić information content (AvgIpc) is 2.56. The Labute approximate surface area is 138 Å². The maximum atomic E-state index is 13.6. The van der Waals surface area contributed by atoms with Crippen LogP contribution in [0.5, 0.6) is 0 Å². The van der Waals surface area contributed by atoms with Crippen LogP contribution >= 0.6 is 0 Å². The van der Waals surface area contributed by atoms with Gasteiger partial charge in [0.15, 0.2) is 0 Å². The average molecular weight is 332 g/mol. The van der Waals surface area contributed by atoms with Crippen molar-refractivity contribution in [2.45, 2.75) is 0 Å². The van der Waals surface area contributed by atoms with E-state index in [1.807, 2.05) is 7.05 Å². The molecule has 1 fully saturated rings. The molecule has 0 aliphatic carbocycles. The molecule has 1 aromatic heterocycles. The van der Waals surface area contributed by atoms with Gasteiger partial charge in [0.25, 0.3) is 5.91 Å². The number of carbonyl (C=O) groups is 1. The highest BCUT2D eigenvalue weighted by Gasteiger charge is 2.19. The Kier molecular flexibility index (Phi) is 4.71. The fourth-order valence-corrected chi connectivity index (χ4v) is 2.67. The van der Waals surface area contributed by atoms with Crippen LogP contribution in [0.25, 0.3) is 0 Å². The topological polar surface area (TPSA) is 48.5 Å². The molecule has 2 heterocycles. The van der Waals surface area contributed by atoms with Crippen LogP contribution in [0.1, 0.15) is 10.4 Å². The number of rotatable bonds is 3. The van der Waals surface area contributed by atoms with Crippen molar-refractivity contribution in [2.75, 3.05) is 43.4 Å². The van der Waals surface area contributed by atoms with Crippen molar-refractivity contribution < 1.29 is 13.6 Å². The molecule has 0 unspecified atom stereocenters. The third-order valence-electron chi connectivity index (χ3n) is 4.04. The van der Waals surface area contributed by atoms with Crippen molar-refractivity contribution in [1.82, 2.24) is 9.88 Å². The molecule has 2 aromatic rings. The van der Waals surface area contributed by atoms with Crippen LogP contribution < -0.4 is 10.2 Å². The summed E-state index contributed by atoms with van der Waals surface area (Å²) in [6, 6.07) is 6.76. The van der Waals surface area contributed by atoms with Crippen LogP contribution in [0.2, 0.25) is 0 Å². The first-order valence-corrected chi connectivity index (χ1v) is 7.69. The van der Waals surface area contributed by atoms with Gasteiger partial charge in [-0.3, -0.25) is 4.79 Å². The van der Waals surface area contributed by atoms with E-state index in [2.05, 4.69) is 20.1 Å². The van der Waals surface area contributed by atoms with E-state index < -0.39 is 17.7 Å².